The van der Waals surface area contributed by atoms with Gasteiger partial charge in [-0.25, -0.2) is 4.79 Å². The van der Waals surface area contributed by atoms with Crippen LogP contribution in [-0.4, -0.2) is 54.4 Å². The molecule has 1 rings (SSSR count). The molecular formula is C9H15BrN2O3. The van der Waals surface area contributed by atoms with Gasteiger partial charge in [0.25, 0.3) is 0 Å². The Morgan fingerprint density at radius 3 is 2.93 bits per heavy atom. The van der Waals surface area contributed by atoms with Gasteiger partial charge in [-0.05, 0) is 6.92 Å². The second-order valence-electron chi connectivity index (χ2n) is 3.21. The molecule has 0 aliphatic carbocycles. The van der Waals surface area contributed by atoms with Gasteiger partial charge in [-0.15, -0.1) is 0 Å². The average Bonchev–Trinajstić information content (AvgIpc) is 2.28. The topological polar surface area (TPSA) is 58.6 Å². The predicted molar refractivity (Wildman–Crippen MR) is 59.2 cm³/mol. The summed E-state index contributed by atoms with van der Waals surface area (Å²) in [6, 6.07) is -0.405. The number of Topliss-reactive ketones (excluding diaryl/α,β-unsaturated/α-hetero) is 1. The Bertz CT molecular complexity index is 248. The summed E-state index contributed by atoms with van der Waals surface area (Å²) in [5, 5.41) is 3.35. The number of hydrogen-bond acceptors (Lipinski definition) is 4. The highest BCUT2D eigenvalue weighted by atomic mass is 79.9. The maximum absolute atomic E-state index is 11.5. The molecule has 1 unspecified atom stereocenters. The minimum atomic E-state index is -0.405. The molecule has 1 N–H and O–H groups in total. The first-order valence-electron chi connectivity index (χ1n) is 4.93. The van der Waals surface area contributed by atoms with Crippen LogP contribution in [0.1, 0.15) is 6.92 Å². The monoisotopic (exact) mass is 278 g/mol. The Kier molecular flexibility index (Phi) is 5.04. The summed E-state index contributed by atoms with van der Waals surface area (Å²) in [7, 11) is 0. The number of nitrogens with one attached hydrogen (secondary N) is 1. The van der Waals surface area contributed by atoms with E-state index in [1.807, 2.05) is 0 Å². The number of rotatable bonds is 3. The number of carbonyl (C=O) groups is 2. The molecule has 1 atom stereocenters. The zero-order valence-electron chi connectivity index (χ0n) is 8.66. The summed E-state index contributed by atoms with van der Waals surface area (Å²) >= 11 is 3.11. The van der Waals surface area contributed by atoms with Gasteiger partial charge in [0.1, 0.15) is 6.04 Å². The molecule has 1 saturated heterocycles. The fraction of sp³-hybridized carbons (Fsp3) is 0.778. The summed E-state index contributed by atoms with van der Waals surface area (Å²) in [6.45, 7) is 3.80. The molecule has 1 aliphatic rings. The molecule has 0 aromatic rings. The molecule has 1 fully saturated rings. The standard InChI is InChI=1S/C9H15BrN2O3/c1-2-15-9(14)12-4-3-11-6-7(12)8(13)5-10/h7,11H,2-6H2,1H3. The lowest BCUT2D eigenvalue weighted by Crippen LogP contribution is -2.57. The summed E-state index contributed by atoms with van der Waals surface area (Å²) in [4.78, 5) is 24.6. The fourth-order valence-electron chi connectivity index (χ4n) is 1.51. The summed E-state index contributed by atoms with van der Waals surface area (Å²) in [5.41, 5.74) is 0. The van der Waals surface area contributed by atoms with E-state index in [1.54, 1.807) is 6.92 Å². The Morgan fingerprint density at radius 2 is 2.33 bits per heavy atom. The number of carbonyl (C=O) groups excluding carboxylic acids is 2. The maximum atomic E-state index is 11.5. The van der Waals surface area contributed by atoms with Gasteiger partial charge in [0.05, 0.1) is 11.9 Å². The van der Waals surface area contributed by atoms with Crippen molar-refractivity contribution in [2.45, 2.75) is 13.0 Å². The highest BCUT2D eigenvalue weighted by Crippen LogP contribution is 2.08. The third kappa shape index (κ3) is 3.17. The Labute approximate surface area is 97.3 Å². The first kappa shape index (κ1) is 12.4. The van der Waals surface area contributed by atoms with Crippen molar-refractivity contribution in [1.82, 2.24) is 10.2 Å². The lowest BCUT2D eigenvalue weighted by Gasteiger charge is -2.33. The number of halogens is 1. The van der Waals surface area contributed by atoms with Crippen LogP contribution in [0.2, 0.25) is 0 Å². The van der Waals surface area contributed by atoms with Crippen molar-refractivity contribution in [1.29, 1.82) is 0 Å². The SMILES string of the molecule is CCOC(=O)N1CCNCC1C(=O)CBr. The second-order valence-corrected chi connectivity index (χ2v) is 3.77. The molecule has 0 radical (unpaired) electrons. The van der Waals surface area contributed by atoms with Crippen LogP contribution in [-0.2, 0) is 9.53 Å². The van der Waals surface area contributed by atoms with Crippen molar-refractivity contribution in [2.24, 2.45) is 0 Å². The zero-order chi connectivity index (χ0) is 11.3. The van der Waals surface area contributed by atoms with E-state index in [-0.39, 0.29) is 11.1 Å². The van der Waals surface area contributed by atoms with Crippen molar-refractivity contribution in [3.8, 4) is 0 Å². The van der Waals surface area contributed by atoms with Gasteiger partial charge in [-0.1, -0.05) is 15.9 Å². The van der Waals surface area contributed by atoms with E-state index in [0.717, 1.165) is 0 Å². The molecule has 15 heavy (non-hydrogen) atoms. The molecule has 0 aromatic heterocycles. The van der Waals surface area contributed by atoms with E-state index in [0.29, 0.717) is 26.2 Å². The van der Waals surface area contributed by atoms with E-state index in [9.17, 15) is 9.59 Å². The molecule has 0 bridgehead atoms. The van der Waals surface area contributed by atoms with E-state index < -0.39 is 12.1 Å². The van der Waals surface area contributed by atoms with Crippen LogP contribution in [0, 0.1) is 0 Å². The largest absolute Gasteiger partial charge is 0.450 e. The lowest BCUT2D eigenvalue weighted by atomic mass is 10.1. The van der Waals surface area contributed by atoms with Crippen molar-refractivity contribution in [3.63, 3.8) is 0 Å². The second kappa shape index (κ2) is 6.07. The molecule has 86 valence electrons. The van der Waals surface area contributed by atoms with Gasteiger partial charge in [-0.2, -0.15) is 0 Å². The Morgan fingerprint density at radius 1 is 1.60 bits per heavy atom. The lowest BCUT2D eigenvalue weighted by molar-refractivity contribution is -0.121. The molecule has 0 saturated carbocycles. The molecule has 6 heteroatoms. The summed E-state index contributed by atoms with van der Waals surface area (Å²) in [5.74, 6) is -0.00440. The van der Waals surface area contributed by atoms with Crippen LogP contribution < -0.4 is 5.32 Å². The van der Waals surface area contributed by atoms with Crippen molar-refractivity contribution >= 4 is 27.8 Å². The van der Waals surface area contributed by atoms with Gasteiger partial charge in [0, 0.05) is 19.6 Å². The number of piperazine rings is 1. The van der Waals surface area contributed by atoms with Gasteiger partial charge in [0.15, 0.2) is 5.78 Å². The maximum Gasteiger partial charge on any atom is 0.410 e. The van der Waals surface area contributed by atoms with E-state index in [4.69, 9.17) is 4.74 Å². The zero-order valence-corrected chi connectivity index (χ0v) is 10.2. The third-order valence-corrected chi connectivity index (χ3v) is 2.80. The molecular weight excluding hydrogens is 264 g/mol. The molecule has 0 spiro atoms. The number of ketones is 1. The first-order chi connectivity index (χ1) is 7.20. The van der Waals surface area contributed by atoms with Crippen LogP contribution in [0.4, 0.5) is 4.79 Å². The van der Waals surface area contributed by atoms with Crippen LogP contribution >= 0.6 is 15.9 Å². The number of ether oxygens (including phenoxy) is 1. The Hall–Kier alpha value is -0.620. The fourth-order valence-corrected chi connectivity index (χ4v) is 1.88. The summed E-state index contributed by atoms with van der Waals surface area (Å²) in [6.07, 6.45) is -0.404. The van der Waals surface area contributed by atoms with Crippen molar-refractivity contribution in [2.75, 3.05) is 31.6 Å². The first-order valence-corrected chi connectivity index (χ1v) is 6.05. The average molecular weight is 279 g/mol. The van der Waals surface area contributed by atoms with E-state index in [1.165, 1.54) is 4.90 Å². The highest BCUT2D eigenvalue weighted by Gasteiger charge is 2.31. The van der Waals surface area contributed by atoms with Crippen LogP contribution in [0.25, 0.3) is 0 Å². The van der Waals surface area contributed by atoms with Gasteiger partial charge in [-0.3, -0.25) is 9.69 Å². The van der Waals surface area contributed by atoms with E-state index >= 15 is 0 Å². The molecule has 1 aliphatic heterocycles. The Balaban J connectivity index is 2.65. The smallest absolute Gasteiger partial charge is 0.410 e. The van der Waals surface area contributed by atoms with Crippen LogP contribution in [0.5, 0.6) is 0 Å². The van der Waals surface area contributed by atoms with Gasteiger partial charge >= 0.3 is 6.09 Å². The number of hydrogen-bond donors (Lipinski definition) is 1. The van der Waals surface area contributed by atoms with Crippen LogP contribution in [0.3, 0.4) is 0 Å². The molecule has 0 aromatic carbocycles. The summed E-state index contributed by atoms with van der Waals surface area (Å²) < 4.78 is 4.90. The quantitative estimate of drug-likeness (QED) is 0.759. The normalized spacial score (nSPS) is 21.2. The highest BCUT2D eigenvalue weighted by molar-refractivity contribution is 9.09. The number of alkyl halides is 1. The van der Waals surface area contributed by atoms with Crippen LogP contribution in [0.15, 0.2) is 0 Å². The van der Waals surface area contributed by atoms with Gasteiger partial charge < -0.3 is 10.1 Å². The van der Waals surface area contributed by atoms with E-state index in [2.05, 4.69) is 21.2 Å². The third-order valence-electron chi connectivity index (χ3n) is 2.25. The minimum Gasteiger partial charge on any atom is -0.450 e. The molecule has 5 nitrogen and oxygen atoms in total. The number of amides is 1. The van der Waals surface area contributed by atoms with Crippen molar-refractivity contribution in [3.05, 3.63) is 0 Å². The molecule has 1 amide bonds. The predicted octanol–water partition coefficient (Wildman–Crippen LogP) is 0.381. The molecule has 1 heterocycles. The minimum absolute atomic E-state index is 0.00440. The van der Waals surface area contributed by atoms with Gasteiger partial charge in [0.2, 0.25) is 0 Å². The van der Waals surface area contributed by atoms with Crippen molar-refractivity contribution < 1.29 is 14.3 Å². The number of nitrogens with zero attached hydrogens (tertiary/aromatic N) is 1.